The van der Waals surface area contributed by atoms with Gasteiger partial charge in [-0.3, -0.25) is 0 Å². The van der Waals surface area contributed by atoms with Crippen molar-refractivity contribution in [3.63, 3.8) is 0 Å². The Hall–Kier alpha value is -2.46. The minimum Gasteiger partial charge on any atom is -0.325 e. The van der Waals surface area contributed by atoms with Crippen LogP contribution in [0.5, 0.6) is 0 Å². The molecule has 0 aromatic carbocycles. The van der Waals surface area contributed by atoms with Crippen LogP contribution in [0.25, 0.3) is 0 Å². The summed E-state index contributed by atoms with van der Waals surface area (Å²) in [6.07, 6.45) is 12.0. The number of hydrogen-bond acceptors (Lipinski definition) is 4. The molecule has 0 saturated heterocycles. The zero-order valence-electron chi connectivity index (χ0n) is 33.5. The van der Waals surface area contributed by atoms with Crippen molar-refractivity contribution in [3.8, 4) is 0 Å². The largest absolute Gasteiger partial charge is 0.325 e. The number of fused-ring (bicyclic) bond motifs is 3. The molecule has 0 N–H and O–H groups in total. The van der Waals surface area contributed by atoms with Gasteiger partial charge in [0, 0.05) is 61.3 Å². The van der Waals surface area contributed by atoms with Gasteiger partial charge in [0.05, 0.1) is 6.40 Å². The summed E-state index contributed by atoms with van der Waals surface area (Å²) in [5, 5.41) is 0.404. The average Bonchev–Trinajstić information content (AvgIpc) is 3.39. The molecule has 3 aliphatic rings. The van der Waals surface area contributed by atoms with Gasteiger partial charge in [0.25, 0.3) is 0 Å². The van der Waals surface area contributed by atoms with E-state index in [-0.39, 0.29) is 60.2 Å². The third-order valence-electron chi connectivity index (χ3n) is 5.23. The van der Waals surface area contributed by atoms with E-state index in [1.807, 2.05) is 6.08 Å². The number of thioether (sulfide) groups is 1. The Kier molecular flexibility index (Phi) is 5.75. The van der Waals surface area contributed by atoms with E-state index in [0.717, 1.165) is 24.9 Å². The number of allylic oxidation sites excluding steroid dienone is 8. The molecule has 3 heterocycles. The number of rotatable bonds is 7. The van der Waals surface area contributed by atoms with Gasteiger partial charge in [0.2, 0.25) is 0 Å². The van der Waals surface area contributed by atoms with Gasteiger partial charge in [-0.25, -0.2) is 4.98 Å². The van der Waals surface area contributed by atoms with E-state index >= 15 is 0 Å². The molecular weight excluding hydrogens is 639 g/mol. The van der Waals surface area contributed by atoms with Crippen molar-refractivity contribution in [1.29, 1.82) is 0 Å². The van der Waals surface area contributed by atoms with Crippen LogP contribution in [-0.2, 0) is 20.1 Å². The molecular formula is C31H35IrN3S-2. The molecule has 0 bridgehead atoms. The molecule has 2 aliphatic heterocycles. The summed E-state index contributed by atoms with van der Waals surface area (Å²) in [7, 11) is 0. The molecule has 36 heavy (non-hydrogen) atoms. The first-order chi connectivity index (χ1) is 22.6. The molecule has 0 fully saturated rings. The number of hydrogen-bond donors (Lipinski definition) is 0. The molecule has 3 nitrogen and oxygen atoms in total. The van der Waals surface area contributed by atoms with Crippen LogP contribution in [0.4, 0.5) is 0 Å². The number of aromatic nitrogens is 1. The number of pyridine rings is 1. The zero-order valence-corrected chi connectivity index (χ0v) is 22.7. The van der Waals surface area contributed by atoms with Gasteiger partial charge in [0.15, 0.2) is 0 Å². The first-order valence-electron chi connectivity index (χ1n) is 17.9. The van der Waals surface area contributed by atoms with Crippen molar-refractivity contribution in [2.24, 2.45) is 9.98 Å². The van der Waals surface area contributed by atoms with E-state index in [0.29, 0.717) is 40.3 Å². The quantitative estimate of drug-likeness (QED) is 0.165. The third-order valence-corrected chi connectivity index (χ3v) is 6.57. The van der Waals surface area contributed by atoms with Gasteiger partial charge < -0.3 is 9.98 Å². The number of aryl methyl sites for hydroxylation is 1. The van der Waals surface area contributed by atoms with E-state index < -0.39 is 27.4 Å². The molecule has 5 heteroatoms. The van der Waals surface area contributed by atoms with Crippen molar-refractivity contribution >= 4 is 23.7 Å². The van der Waals surface area contributed by atoms with E-state index in [1.165, 1.54) is 24.0 Å². The summed E-state index contributed by atoms with van der Waals surface area (Å²) in [5.74, 6) is -0.0802. The SMILES string of the molecule is [2H]C([2H])([2H])C(=C)C[CH-]C(=C)C1=NC=C(C([2H])([2H])[2H])CC1.[2H]C=C(N=CC(=C[2H])C([2H])([2H])[2H])C1=[C-]C=CC2c3ccc(C([2H])([2H])[2H])nc3SC12.[Ir]. The average molecular weight is 688 g/mol. The van der Waals surface area contributed by atoms with E-state index in [9.17, 15) is 0 Å². The molecule has 1 aromatic heterocycles. The Bertz CT molecular complexity index is 1660. The van der Waals surface area contributed by atoms with Crippen LogP contribution in [0.2, 0.25) is 0 Å². The van der Waals surface area contributed by atoms with Gasteiger partial charge in [-0.15, -0.1) is 30.5 Å². The maximum atomic E-state index is 7.71. The van der Waals surface area contributed by atoms with E-state index in [1.54, 1.807) is 18.6 Å². The fraction of sp³-hybridized carbons (Fsp3) is 0.290. The Morgan fingerprint density at radius 1 is 1.31 bits per heavy atom. The Labute approximate surface area is 254 Å². The second-order valence-electron chi connectivity index (χ2n) is 7.94. The summed E-state index contributed by atoms with van der Waals surface area (Å²) in [6.45, 7) is 0.0638. The van der Waals surface area contributed by atoms with Crippen LogP contribution < -0.4 is 0 Å². The molecule has 2 atom stereocenters. The second kappa shape index (κ2) is 13.7. The number of nitrogens with zero attached hydrogens (tertiary/aromatic N) is 3. The van der Waals surface area contributed by atoms with Gasteiger partial charge in [0.1, 0.15) is 0 Å². The molecule has 1 radical (unpaired) electrons. The number of aliphatic imine (C=N–C) groups is 2. The standard InChI is InChI=1S/C18H17N2S.C13H18N.Ir/c1-11(2)10-19-13(4)14-6-5-7-15-16-9-8-12(3)20-18(16)21-17(14)15;1-10(2)5-7-12(4)13-8-6-11(3)9-14-13;/h5,7-10,15,17H,1,4H2,2-3H3;7,9H,1,4-6,8H2,2-3H3;/q2*-1;/i1D,2D3,3D3,4D;2D3,3D3;. The zero-order chi connectivity index (χ0) is 36.9. The summed E-state index contributed by atoms with van der Waals surface area (Å²) in [6, 6.07) is 3.27. The molecule has 1 aliphatic carbocycles. The van der Waals surface area contributed by atoms with Crippen molar-refractivity contribution in [2.75, 3.05) is 0 Å². The molecule has 1 aromatic rings. The summed E-state index contributed by atoms with van der Waals surface area (Å²) >= 11 is 1.38. The van der Waals surface area contributed by atoms with Crippen molar-refractivity contribution < 1.29 is 39.3 Å². The van der Waals surface area contributed by atoms with Crippen LogP contribution >= 0.6 is 11.8 Å². The van der Waals surface area contributed by atoms with Crippen LogP contribution in [-0.4, -0.2) is 22.2 Å². The molecule has 4 rings (SSSR count). The first kappa shape index (κ1) is 15.1. The summed E-state index contributed by atoms with van der Waals surface area (Å²) in [4.78, 5) is 12.5. The first-order valence-corrected chi connectivity index (χ1v) is 11.6. The van der Waals surface area contributed by atoms with Crippen molar-refractivity contribution in [1.82, 2.24) is 4.98 Å². The topological polar surface area (TPSA) is 37.6 Å². The van der Waals surface area contributed by atoms with Crippen LogP contribution in [0, 0.1) is 19.3 Å². The third kappa shape index (κ3) is 8.03. The minimum atomic E-state index is -2.47. The molecule has 2 unspecified atom stereocenters. The van der Waals surface area contributed by atoms with Gasteiger partial charge in [-0.2, -0.15) is 36.8 Å². The smallest absolute Gasteiger partial charge is 0.0996 e. The maximum absolute atomic E-state index is 7.71. The molecule has 0 amide bonds. The van der Waals surface area contributed by atoms with E-state index in [4.69, 9.17) is 19.2 Å². The molecule has 191 valence electrons. The molecule has 0 saturated carbocycles. The predicted molar refractivity (Wildman–Crippen MR) is 153 cm³/mol. The van der Waals surface area contributed by atoms with Crippen LogP contribution in [0.1, 0.15) is 76.2 Å². The van der Waals surface area contributed by atoms with Gasteiger partial charge >= 0.3 is 0 Å². The Morgan fingerprint density at radius 3 is 2.92 bits per heavy atom. The maximum Gasteiger partial charge on any atom is 0.0996 e. The van der Waals surface area contributed by atoms with Crippen molar-refractivity contribution in [2.45, 2.75) is 62.9 Å². The second-order valence-corrected chi connectivity index (χ2v) is 9.07. The Balaban J connectivity index is 0.000000364. The molecule has 0 spiro atoms. The normalized spacial score (nSPS) is 27.7. The van der Waals surface area contributed by atoms with Crippen molar-refractivity contribution in [3.05, 3.63) is 114 Å². The van der Waals surface area contributed by atoms with Crippen LogP contribution in [0.15, 0.2) is 105 Å². The summed E-state index contributed by atoms with van der Waals surface area (Å²) in [5.41, 5.74) is 3.29. The van der Waals surface area contributed by atoms with Crippen LogP contribution in [0.3, 0.4) is 0 Å². The fourth-order valence-corrected chi connectivity index (χ4v) is 4.92. The van der Waals surface area contributed by atoms with Gasteiger partial charge in [-0.1, -0.05) is 42.3 Å². The van der Waals surface area contributed by atoms with E-state index in [2.05, 4.69) is 34.2 Å². The monoisotopic (exact) mass is 688 g/mol. The predicted octanol–water partition coefficient (Wildman–Crippen LogP) is 8.26. The minimum absolute atomic E-state index is 0. The fourth-order valence-electron chi connectivity index (χ4n) is 3.50. The Morgan fingerprint density at radius 2 is 2.22 bits per heavy atom. The summed E-state index contributed by atoms with van der Waals surface area (Å²) < 4.78 is 103. The van der Waals surface area contributed by atoms with Gasteiger partial charge in [-0.05, 0) is 62.6 Å².